The van der Waals surface area contributed by atoms with Gasteiger partial charge in [0.15, 0.2) is 0 Å². The number of hydrogen-bond donors (Lipinski definition) is 0. The molecule has 1 aliphatic heterocycles. The first-order valence-corrected chi connectivity index (χ1v) is 5.68. The van der Waals surface area contributed by atoms with Crippen molar-refractivity contribution < 1.29 is 0 Å². The molecule has 0 amide bonds. The molecule has 3 rings (SSSR count). The molecule has 17 heavy (non-hydrogen) atoms. The third-order valence-corrected chi connectivity index (χ3v) is 2.84. The summed E-state index contributed by atoms with van der Waals surface area (Å²) in [5, 5.41) is 8.54. The van der Waals surface area contributed by atoms with Gasteiger partial charge in [0.1, 0.15) is 0 Å². The van der Waals surface area contributed by atoms with Gasteiger partial charge in [-0.25, -0.2) is 0 Å². The van der Waals surface area contributed by atoms with Gasteiger partial charge in [-0.1, -0.05) is 60.7 Å². The number of benzene rings is 2. The van der Waals surface area contributed by atoms with Gasteiger partial charge in [0.25, 0.3) is 0 Å². The highest BCUT2D eigenvalue weighted by Gasteiger charge is 2.15. The Labute approximate surface area is 100 Å². The Morgan fingerprint density at radius 2 is 1.00 bits per heavy atom. The number of nitrogens with zero attached hydrogens (tertiary/aromatic N) is 2. The predicted octanol–water partition coefficient (Wildman–Crippen LogP) is 3.28. The molecule has 0 N–H and O–H groups in total. The molecule has 0 atom stereocenters. The van der Waals surface area contributed by atoms with Gasteiger partial charge in [-0.3, -0.25) is 0 Å². The molecule has 0 saturated carbocycles. The fourth-order valence-corrected chi connectivity index (χ4v) is 1.93. The Hall–Kier alpha value is -2.22. The zero-order chi connectivity index (χ0) is 11.5. The van der Waals surface area contributed by atoms with E-state index in [4.69, 9.17) is 0 Å². The van der Waals surface area contributed by atoms with Crippen LogP contribution in [0.4, 0.5) is 0 Å². The second-order valence-electron chi connectivity index (χ2n) is 4.00. The van der Waals surface area contributed by atoms with E-state index in [9.17, 15) is 0 Å². The first kappa shape index (κ1) is 9.97. The van der Waals surface area contributed by atoms with Gasteiger partial charge in [-0.2, -0.15) is 10.2 Å². The van der Waals surface area contributed by atoms with Gasteiger partial charge in [-0.15, -0.1) is 0 Å². The van der Waals surface area contributed by atoms with Gasteiger partial charge >= 0.3 is 0 Å². The molecule has 82 valence electrons. The van der Waals surface area contributed by atoms with Crippen LogP contribution in [-0.2, 0) is 0 Å². The van der Waals surface area contributed by atoms with E-state index in [-0.39, 0.29) is 0 Å². The van der Waals surface area contributed by atoms with Crippen molar-refractivity contribution in [3.05, 3.63) is 71.8 Å². The van der Waals surface area contributed by atoms with E-state index in [1.54, 1.807) is 0 Å². The van der Waals surface area contributed by atoms with Crippen molar-refractivity contribution in [1.29, 1.82) is 0 Å². The lowest BCUT2D eigenvalue weighted by molar-refractivity contribution is 1.26. The maximum absolute atomic E-state index is 4.27. The first-order chi connectivity index (χ1) is 8.43. The monoisotopic (exact) mass is 220 g/mol. The van der Waals surface area contributed by atoms with Crippen LogP contribution in [0.25, 0.3) is 0 Å². The minimum Gasteiger partial charge on any atom is -0.154 e. The summed E-state index contributed by atoms with van der Waals surface area (Å²) in [7, 11) is 0. The zero-order valence-electron chi connectivity index (χ0n) is 9.38. The Kier molecular flexibility index (Phi) is 2.54. The third-order valence-electron chi connectivity index (χ3n) is 2.84. The van der Waals surface area contributed by atoms with Gasteiger partial charge in [0.05, 0.1) is 11.4 Å². The Morgan fingerprint density at radius 3 is 1.41 bits per heavy atom. The second-order valence-corrected chi connectivity index (χ2v) is 4.00. The van der Waals surface area contributed by atoms with Crippen molar-refractivity contribution in [2.45, 2.75) is 6.42 Å². The van der Waals surface area contributed by atoms with Crippen molar-refractivity contribution in [3.8, 4) is 0 Å². The van der Waals surface area contributed by atoms with E-state index in [0.717, 1.165) is 29.0 Å². The fourth-order valence-electron chi connectivity index (χ4n) is 1.93. The molecule has 0 radical (unpaired) electrons. The molecule has 0 unspecified atom stereocenters. The largest absolute Gasteiger partial charge is 0.154 e. The van der Waals surface area contributed by atoms with Crippen LogP contribution in [0.3, 0.4) is 0 Å². The second kappa shape index (κ2) is 4.34. The molecule has 0 bridgehead atoms. The summed E-state index contributed by atoms with van der Waals surface area (Å²) in [6, 6.07) is 20.4. The summed E-state index contributed by atoms with van der Waals surface area (Å²) >= 11 is 0. The molecule has 1 heterocycles. The maximum atomic E-state index is 4.27. The summed E-state index contributed by atoms with van der Waals surface area (Å²) in [4.78, 5) is 0. The van der Waals surface area contributed by atoms with Crippen molar-refractivity contribution in [2.75, 3.05) is 0 Å². The lowest BCUT2D eigenvalue weighted by atomic mass is 10.0. The quantitative estimate of drug-likeness (QED) is 0.742. The summed E-state index contributed by atoms with van der Waals surface area (Å²) in [5.74, 6) is 0. The highest BCUT2D eigenvalue weighted by molar-refractivity contribution is 6.20. The molecule has 0 spiro atoms. The summed E-state index contributed by atoms with van der Waals surface area (Å²) in [5.41, 5.74) is 4.40. The van der Waals surface area contributed by atoms with Crippen molar-refractivity contribution >= 4 is 11.4 Å². The van der Waals surface area contributed by atoms with Crippen LogP contribution in [0.5, 0.6) is 0 Å². The topological polar surface area (TPSA) is 24.7 Å². The van der Waals surface area contributed by atoms with Crippen LogP contribution in [0.1, 0.15) is 17.5 Å². The predicted molar refractivity (Wildman–Crippen MR) is 70.6 cm³/mol. The normalized spacial score (nSPS) is 14.4. The summed E-state index contributed by atoms with van der Waals surface area (Å²) in [6.07, 6.45) is 0.814. The molecular weight excluding hydrogens is 208 g/mol. The first-order valence-electron chi connectivity index (χ1n) is 5.68. The SMILES string of the molecule is c1ccc(C2=NN=C(c3ccccc3)C2)cc1. The van der Waals surface area contributed by atoms with Crippen LogP contribution in [0.2, 0.25) is 0 Å². The molecule has 0 aliphatic carbocycles. The highest BCUT2D eigenvalue weighted by atomic mass is 15.2. The Bertz CT molecular complexity index is 515. The number of rotatable bonds is 2. The molecule has 2 aromatic carbocycles. The van der Waals surface area contributed by atoms with Gasteiger partial charge in [0.2, 0.25) is 0 Å². The smallest absolute Gasteiger partial charge is 0.0763 e. The Balaban J connectivity index is 1.81. The van der Waals surface area contributed by atoms with E-state index < -0.39 is 0 Å². The lowest BCUT2D eigenvalue weighted by Crippen LogP contribution is -2.04. The minimum absolute atomic E-state index is 0.814. The van der Waals surface area contributed by atoms with E-state index >= 15 is 0 Å². The van der Waals surface area contributed by atoms with Crippen LogP contribution in [-0.4, -0.2) is 11.4 Å². The summed E-state index contributed by atoms with van der Waals surface area (Å²) in [6.45, 7) is 0. The van der Waals surface area contributed by atoms with Crippen LogP contribution >= 0.6 is 0 Å². The molecular formula is C15H12N2. The van der Waals surface area contributed by atoms with Crippen molar-refractivity contribution in [3.63, 3.8) is 0 Å². The lowest BCUT2D eigenvalue weighted by Gasteiger charge is -2.01. The van der Waals surface area contributed by atoms with Gasteiger partial charge < -0.3 is 0 Å². The molecule has 0 saturated heterocycles. The minimum atomic E-state index is 0.814. The molecule has 0 aromatic heterocycles. The fraction of sp³-hybridized carbons (Fsp3) is 0.0667. The number of hydrogen-bond acceptors (Lipinski definition) is 2. The van der Waals surface area contributed by atoms with Gasteiger partial charge in [-0.05, 0) is 11.1 Å². The van der Waals surface area contributed by atoms with E-state index in [2.05, 4.69) is 34.5 Å². The standard InChI is InChI=1S/C15H12N2/c1-3-7-12(8-4-1)14-11-15(17-16-14)13-9-5-2-6-10-13/h1-10H,11H2. The molecule has 2 heteroatoms. The van der Waals surface area contributed by atoms with E-state index in [0.29, 0.717) is 0 Å². The maximum Gasteiger partial charge on any atom is 0.0763 e. The molecule has 0 fully saturated rings. The average molecular weight is 220 g/mol. The van der Waals surface area contributed by atoms with E-state index in [1.807, 2.05) is 36.4 Å². The Morgan fingerprint density at radius 1 is 0.588 bits per heavy atom. The van der Waals surface area contributed by atoms with Crippen LogP contribution in [0, 0.1) is 0 Å². The summed E-state index contributed by atoms with van der Waals surface area (Å²) < 4.78 is 0. The van der Waals surface area contributed by atoms with E-state index in [1.165, 1.54) is 0 Å². The van der Waals surface area contributed by atoms with Crippen LogP contribution < -0.4 is 0 Å². The van der Waals surface area contributed by atoms with Crippen molar-refractivity contribution in [2.24, 2.45) is 10.2 Å². The molecule has 2 aromatic rings. The highest BCUT2D eigenvalue weighted by Crippen LogP contribution is 2.16. The molecule has 1 aliphatic rings. The van der Waals surface area contributed by atoms with Crippen LogP contribution in [0.15, 0.2) is 70.9 Å². The average Bonchev–Trinajstić information content (AvgIpc) is 2.90. The molecule has 2 nitrogen and oxygen atoms in total. The third kappa shape index (κ3) is 2.02. The van der Waals surface area contributed by atoms with Gasteiger partial charge in [0, 0.05) is 6.42 Å². The zero-order valence-corrected chi connectivity index (χ0v) is 9.38. The van der Waals surface area contributed by atoms with Crippen molar-refractivity contribution in [1.82, 2.24) is 0 Å².